The van der Waals surface area contributed by atoms with Crippen LogP contribution in [0.25, 0.3) is 0 Å². The summed E-state index contributed by atoms with van der Waals surface area (Å²) in [5, 5.41) is 0. The molecule has 2 heteroatoms. The van der Waals surface area contributed by atoms with Gasteiger partial charge in [0.05, 0.1) is 0 Å². The molecule has 1 atom stereocenters. The maximum absolute atomic E-state index is 5.88. The normalized spacial score (nSPS) is 20.1. The van der Waals surface area contributed by atoms with Gasteiger partial charge in [0.1, 0.15) is 0 Å². The molecular weight excluding hydrogens is 208 g/mol. The zero-order valence-electron chi connectivity index (χ0n) is 12.3. The summed E-state index contributed by atoms with van der Waals surface area (Å²) >= 11 is 0. The van der Waals surface area contributed by atoms with E-state index >= 15 is 0 Å². The zero-order valence-corrected chi connectivity index (χ0v) is 12.3. The molecule has 0 spiro atoms. The molecule has 2 nitrogen and oxygen atoms in total. The summed E-state index contributed by atoms with van der Waals surface area (Å²) in [4.78, 5) is 2.68. The molecule has 1 aliphatic rings. The quantitative estimate of drug-likeness (QED) is 0.740. The van der Waals surface area contributed by atoms with Gasteiger partial charge in [0.25, 0.3) is 0 Å². The smallest absolute Gasteiger partial charge is 0.00954 e. The van der Waals surface area contributed by atoms with Gasteiger partial charge in [0, 0.05) is 12.6 Å². The van der Waals surface area contributed by atoms with Crippen molar-refractivity contribution in [3.8, 4) is 0 Å². The lowest BCUT2D eigenvalue weighted by molar-refractivity contribution is 0.106. The lowest BCUT2D eigenvalue weighted by atomic mass is 9.90. The van der Waals surface area contributed by atoms with Crippen LogP contribution < -0.4 is 5.73 Å². The Labute approximate surface area is 108 Å². The molecule has 0 heterocycles. The highest BCUT2D eigenvalue weighted by molar-refractivity contribution is 4.83. The van der Waals surface area contributed by atoms with Gasteiger partial charge in [-0.15, -0.1) is 0 Å². The first-order chi connectivity index (χ1) is 8.00. The van der Waals surface area contributed by atoms with Crippen LogP contribution in [0.5, 0.6) is 0 Å². The van der Waals surface area contributed by atoms with Crippen molar-refractivity contribution in [3.63, 3.8) is 0 Å². The fraction of sp³-hybridized carbons (Fsp3) is 1.00. The fourth-order valence-electron chi connectivity index (χ4n) is 3.07. The minimum Gasteiger partial charge on any atom is -0.330 e. The Hall–Kier alpha value is -0.0800. The Morgan fingerprint density at radius 3 is 2.35 bits per heavy atom. The van der Waals surface area contributed by atoms with Crippen molar-refractivity contribution < 1.29 is 0 Å². The molecule has 1 unspecified atom stereocenters. The van der Waals surface area contributed by atoms with E-state index < -0.39 is 0 Å². The van der Waals surface area contributed by atoms with Gasteiger partial charge in [-0.1, -0.05) is 33.6 Å². The van der Waals surface area contributed by atoms with Crippen molar-refractivity contribution in [2.75, 3.05) is 19.6 Å². The third-order valence-electron chi connectivity index (χ3n) is 4.35. The Bertz CT molecular complexity index is 207. The van der Waals surface area contributed by atoms with Gasteiger partial charge in [0.2, 0.25) is 0 Å². The van der Waals surface area contributed by atoms with Crippen LogP contribution in [0.15, 0.2) is 0 Å². The second kappa shape index (κ2) is 6.75. The van der Waals surface area contributed by atoms with E-state index in [1.807, 2.05) is 0 Å². The van der Waals surface area contributed by atoms with Gasteiger partial charge in [-0.2, -0.15) is 0 Å². The lowest BCUT2D eigenvalue weighted by Gasteiger charge is -2.38. The molecule has 0 bridgehead atoms. The first-order valence-corrected chi connectivity index (χ1v) is 7.44. The maximum atomic E-state index is 5.88. The Morgan fingerprint density at radius 1 is 1.29 bits per heavy atom. The van der Waals surface area contributed by atoms with E-state index in [2.05, 4.69) is 32.6 Å². The average Bonchev–Trinajstić information content (AvgIpc) is 2.81. The third kappa shape index (κ3) is 4.59. The van der Waals surface area contributed by atoms with Crippen LogP contribution in [0.4, 0.5) is 0 Å². The van der Waals surface area contributed by atoms with E-state index in [1.165, 1.54) is 38.6 Å². The summed E-state index contributed by atoms with van der Waals surface area (Å²) in [5.74, 6) is 0.926. The molecule has 1 saturated carbocycles. The SMILES string of the molecule is CCCN(CC(C)(C)CN)C(C)C1CCCC1. The molecule has 1 aliphatic carbocycles. The monoisotopic (exact) mass is 240 g/mol. The van der Waals surface area contributed by atoms with Crippen LogP contribution in [-0.4, -0.2) is 30.6 Å². The van der Waals surface area contributed by atoms with Gasteiger partial charge in [0.15, 0.2) is 0 Å². The predicted molar refractivity (Wildman–Crippen MR) is 76.1 cm³/mol. The molecule has 0 aliphatic heterocycles. The predicted octanol–water partition coefficient (Wildman–Crippen LogP) is 3.26. The summed E-state index contributed by atoms with van der Waals surface area (Å²) in [6.45, 7) is 12.4. The van der Waals surface area contributed by atoms with E-state index in [0.717, 1.165) is 25.0 Å². The van der Waals surface area contributed by atoms with E-state index in [4.69, 9.17) is 5.73 Å². The van der Waals surface area contributed by atoms with Crippen molar-refractivity contribution in [1.29, 1.82) is 0 Å². The lowest BCUT2D eigenvalue weighted by Crippen LogP contribution is -2.45. The van der Waals surface area contributed by atoms with Crippen LogP contribution in [-0.2, 0) is 0 Å². The standard InChI is InChI=1S/C15H32N2/c1-5-10-17(12-15(3,4)11-16)13(2)14-8-6-7-9-14/h13-14H,5-12,16H2,1-4H3. The fourth-order valence-corrected chi connectivity index (χ4v) is 3.07. The molecule has 17 heavy (non-hydrogen) atoms. The Kier molecular flexibility index (Phi) is 5.94. The summed E-state index contributed by atoms with van der Waals surface area (Å²) in [7, 11) is 0. The maximum Gasteiger partial charge on any atom is 0.00954 e. The van der Waals surface area contributed by atoms with Crippen molar-refractivity contribution in [3.05, 3.63) is 0 Å². The molecule has 2 N–H and O–H groups in total. The average molecular weight is 240 g/mol. The van der Waals surface area contributed by atoms with Gasteiger partial charge in [-0.05, 0) is 50.6 Å². The van der Waals surface area contributed by atoms with Crippen LogP contribution in [0.1, 0.15) is 59.8 Å². The van der Waals surface area contributed by atoms with Gasteiger partial charge in [-0.3, -0.25) is 4.90 Å². The first kappa shape index (κ1) is 15.0. The highest BCUT2D eigenvalue weighted by Crippen LogP contribution is 2.31. The largest absolute Gasteiger partial charge is 0.330 e. The number of hydrogen-bond acceptors (Lipinski definition) is 2. The summed E-state index contributed by atoms with van der Waals surface area (Å²) in [5.41, 5.74) is 6.13. The molecule has 0 aromatic rings. The van der Waals surface area contributed by atoms with Gasteiger partial charge < -0.3 is 5.73 Å². The summed E-state index contributed by atoms with van der Waals surface area (Å²) < 4.78 is 0. The number of nitrogens with zero attached hydrogens (tertiary/aromatic N) is 1. The topological polar surface area (TPSA) is 29.3 Å². The van der Waals surface area contributed by atoms with E-state index in [9.17, 15) is 0 Å². The number of hydrogen-bond donors (Lipinski definition) is 1. The van der Waals surface area contributed by atoms with E-state index in [0.29, 0.717) is 0 Å². The van der Waals surface area contributed by atoms with Gasteiger partial charge >= 0.3 is 0 Å². The van der Waals surface area contributed by atoms with E-state index in [-0.39, 0.29) is 5.41 Å². The van der Waals surface area contributed by atoms with Crippen molar-refractivity contribution in [2.45, 2.75) is 65.8 Å². The molecule has 0 radical (unpaired) electrons. The zero-order chi connectivity index (χ0) is 12.9. The molecular formula is C15H32N2. The van der Waals surface area contributed by atoms with Gasteiger partial charge in [-0.25, -0.2) is 0 Å². The minimum atomic E-state index is 0.252. The summed E-state index contributed by atoms with van der Waals surface area (Å²) in [6.07, 6.45) is 7.00. The second-order valence-electron chi connectivity index (χ2n) is 6.62. The minimum absolute atomic E-state index is 0.252. The Morgan fingerprint density at radius 2 is 1.88 bits per heavy atom. The van der Waals surface area contributed by atoms with Crippen LogP contribution >= 0.6 is 0 Å². The van der Waals surface area contributed by atoms with Crippen LogP contribution in [0.2, 0.25) is 0 Å². The van der Waals surface area contributed by atoms with Crippen molar-refractivity contribution >= 4 is 0 Å². The van der Waals surface area contributed by atoms with Crippen LogP contribution in [0, 0.1) is 11.3 Å². The third-order valence-corrected chi connectivity index (χ3v) is 4.35. The highest BCUT2D eigenvalue weighted by Gasteiger charge is 2.29. The molecule has 0 amide bonds. The second-order valence-corrected chi connectivity index (χ2v) is 6.62. The summed E-state index contributed by atoms with van der Waals surface area (Å²) in [6, 6.07) is 0.739. The molecule has 1 rings (SSSR count). The molecule has 1 fully saturated rings. The first-order valence-electron chi connectivity index (χ1n) is 7.44. The van der Waals surface area contributed by atoms with Crippen molar-refractivity contribution in [2.24, 2.45) is 17.1 Å². The molecule has 0 aromatic heterocycles. The number of rotatable bonds is 7. The highest BCUT2D eigenvalue weighted by atomic mass is 15.2. The molecule has 0 saturated heterocycles. The Balaban J connectivity index is 2.57. The van der Waals surface area contributed by atoms with E-state index in [1.54, 1.807) is 0 Å². The molecule has 0 aromatic carbocycles. The van der Waals surface area contributed by atoms with Crippen molar-refractivity contribution in [1.82, 2.24) is 4.90 Å². The van der Waals surface area contributed by atoms with Crippen LogP contribution in [0.3, 0.4) is 0 Å². The molecule has 102 valence electrons. The number of nitrogens with two attached hydrogens (primary N) is 1.